The van der Waals surface area contributed by atoms with E-state index in [0.717, 1.165) is 44.9 Å². The maximum atomic E-state index is 12.3. The molecule has 2 atom stereocenters. The molecule has 0 rings (SSSR count). The summed E-state index contributed by atoms with van der Waals surface area (Å²) < 4.78 is 33.0. The molecule has 3 N–H and O–H groups in total. The van der Waals surface area contributed by atoms with Crippen LogP contribution in [-0.2, 0) is 27.9 Å². The van der Waals surface area contributed by atoms with Gasteiger partial charge in [0.2, 0.25) is 0 Å². The molecular formula is C37H72NO7P. The van der Waals surface area contributed by atoms with Crippen LogP contribution < -0.4 is 5.73 Å². The van der Waals surface area contributed by atoms with Gasteiger partial charge in [-0.15, -0.1) is 0 Å². The highest BCUT2D eigenvalue weighted by Gasteiger charge is 2.24. The van der Waals surface area contributed by atoms with Crippen LogP contribution in [0.1, 0.15) is 174 Å². The van der Waals surface area contributed by atoms with Crippen LogP contribution in [0.4, 0.5) is 0 Å². The van der Waals surface area contributed by atoms with E-state index in [-0.39, 0.29) is 32.3 Å². The molecule has 46 heavy (non-hydrogen) atoms. The van der Waals surface area contributed by atoms with E-state index in [0.29, 0.717) is 6.42 Å². The van der Waals surface area contributed by atoms with Crippen molar-refractivity contribution in [3.05, 3.63) is 24.5 Å². The summed E-state index contributed by atoms with van der Waals surface area (Å²) in [6.07, 6.45) is 37.2. The standard InChI is InChI=1S/C37H72NO7P/c1-3-5-7-9-11-13-15-16-17-18-19-21-23-25-27-29-32-42-36(35-45-46(40,41)44-33-31-38)34-43-37(39)30-28-26-24-22-20-14-12-10-8-6-4-2/h16-17,29,32,36H,3-15,18-28,30-31,33-35,38H2,1-2H3,(H,40,41)/b17-16-,32-29-/t36-/m1/s1. The molecule has 0 aromatic rings. The number of hydrogen-bond acceptors (Lipinski definition) is 7. The number of rotatable bonds is 36. The first-order valence-corrected chi connectivity index (χ1v) is 20.4. The molecule has 0 saturated carbocycles. The molecule has 0 aliphatic heterocycles. The third-order valence-corrected chi connectivity index (χ3v) is 8.94. The van der Waals surface area contributed by atoms with Crippen molar-refractivity contribution in [2.75, 3.05) is 26.4 Å². The average Bonchev–Trinajstić information content (AvgIpc) is 3.05. The van der Waals surface area contributed by atoms with Gasteiger partial charge in [-0.25, -0.2) is 4.57 Å². The molecule has 8 nitrogen and oxygen atoms in total. The first-order chi connectivity index (χ1) is 22.4. The second kappa shape index (κ2) is 35.1. The zero-order valence-corrected chi connectivity index (χ0v) is 30.7. The van der Waals surface area contributed by atoms with Gasteiger partial charge in [0.1, 0.15) is 6.61 Å². The van der Waals surface area contributed by atoms with Crippen LogP contribution in [-0.4, -0.2) is 43.3 Å². The van der Waals surface area contributed by atoms with Crippen LogP contribution in [0.25, 0.3) is 0 Å². The Hall–Kier alpha value is -1.18. The van der Waals surface area contributed by atoms with Gasteiger partial charge in [-0.2, -0.15) is 0 Å². The van der Waals surface area contributed by atoms with Crippen molar-refractivity contribution in [3.8, 4) is 0 Å². The Morgan fingerprint density at radius 2 is 1.11 bits per heavy atom. The van der Waals surface area contributed by atoms with Crippen molar-refractivity contribution >= 4 is 13.8 Å². The van der Waals surface area contributed by atoms with E-state index in [9.17, 15) is 14.3 Å². The van der Waals surface area contributed by atoms with Gasteiger partial charge in [-0.1, -0.05) is 135 Å². The lowest BCUT2D eigenvalue weighted by Crippen LogP contribution is -2.25. The summed E-state index contributed by atoms with van der Waals surface area (Å²) in [7, 11) is -4.26. The predicted octanol–water partition coefficient (Wildman–Crippen LogP) is 10.9. The maximum Gasteiger partial charge on any atom is 0.472 e. The third-order valence-electron chi connectivity index (χ3n) is 7.96. The first-order valence-electron chi connectivity index (χ1n) is 18.9. The highest BCUT2D eigenvalue weighted by molar-refractivity contribution is 7.47. The van der Waals surface area contributed by atoms with Crippen molar-refractivity contribution in [1.29, 1.82) is 0 Å². The van der Waals surface area contributed by atoms with Crippen LogP contribution in [0, 0.1) is 0 Å². The Bertz CT molecular complexity index is 762. The van der Waals surface area contributed by atoms with Crippen LogP contribution in [0.5, 0.6) is 0 Å². The highest BCUT2D eigenvalue weighted by Crippen LogP contribution is 2.43. The van der Waals surface area contributed by atoms with Crippen LogP contribution in [0.15, 0.2) is 24.5 Å². The molecule has 0 heterocycles. The summed E-state index contributed by atoms with van der Waals surface area (Å²) in [6.45, 7) is 4.19. The number of hydrogen-bond donors (Lipinski definition) is 2. The second-order valence-corrected chi connectivity index (χ2v) is 14.0. The van der Waals surface area contributed by atoms with Crippen LogP contribution >= 0.6 is 7.82 Å². The van der Waals surface area contributed by atoms with E-state index in [1.54, 1.807) is 6.26 Å². The fourth-order valence-electron chi connectivity index (χ4n) is 5.09. The quantitative estimate of drug-likeness (QED) is 0.0222. The molecule has 0 bridgehead atoms. The van der Waals surface area contributed by atoms with Gasteiger partial charge in [-0.3, -0.25) is 13.8 Å². The number of nitrogens with two attached hydrogens (primary N) is 1. The summed E-state index contributed by atoms with van der Waals surface area (Å²) in [5, 5.41) is 0. The van der Waals surface area contributed by atoms with E-state index in [2.05, 4.69) is 26.0 Å². The van der Waals surface area contributed by atoms with Crippen molar-refractivity contribution < 1.29 is 32.8 Å². The van der Waals surface area contributed by atoms with Crippen LogP contribution in [0.3, 0.4) is 0 Å². The Kier molecular flexibility index (Phi) is 34.2. The molecule has 0 aromatic heterocycles. The Morgan fingerprint density at radius 1 is 0.652 bits per heavy atom. The van der Waals surface area contributed by atoms with E-state index in [4.69, 9.17) is 24.3 Å². The molecule has 0 aliphatic rings. The fourth-order valence-corrected chi connectivity index (χ4v) is 5.86. The highest BCUT2D eigenvalue weighted by atomic mass is 31.2. The number of allylic oxidation sites excluding steroid dienone is 3. The second-order valence-electron chi connectivity index (χ2n) is 12.5. The van der Waals surface area contributed by atoms with Gasteiger partial charge in [0.15, 0.2) is 6.10 Å². The largest absolute Gasteiger partial charge is 0.492 e. The maximum absolute atomic E-state index is 12.3. The number of esters is 1. The van der Waals surface area contributed by atoms with Gasteiger partial charge in [0.05, 0.1) is 19.5 Å². The van der Waals surface area contributed by atoms with Crippen molar-refractivity contribution in [2.24, 2.45) is 5.73 Å². The number of carbonyl (C=O) groups excluding carboxylic acids is 1. The molecule has 0 amide bonds. The summed E-state index contributed by atoms with van der Waals surface area (Å²) in [6, 6.07) is 0. The first kappa shape index (κ1) is 44.8. The third kappa shape index (κ3) is 34.2. The topological polar surface area (TPSA) is 117 Å². The Labute approximate surface area is 283 Å². The van der Waals surface area contributed by atoms with Gasteiger partial charge < -0.3 is 20.1 Å². The predicted molar refractivity (Wildman–Crippen MR) is 192 cm³/mol. The molecule has 0 aliphatic carbocycles. The lowest BCUT2D eigenvalue weighted by atomic mass is 10.1. The minimum atomic E-state index is -4.26. The Balaban J connectivity index is 4.16. The average molecular weight is 674 g/mol. The van der Waals surface area contributed by atoms with Crippen molar-refractivity contribution in [2.45, 2.75) is 180 Å². The SMILES string of the molecule is CCCCCCCC/C=C\CCCCCC/C=C\O[C@H](COC(=O)CCCCCCCCCCCCC)COP(=O)(O)OCCN. The molecular weight excluding hydrogens is 601 g/mol. The van der Waals surface area contributed by atoms with E-state index >= 15 is 0 Å². The molecule has 0 spiro atoms. The summed E-state index contributed by atoms with van der Waals surface area (Å²) in [5.74, 6) is -0.294. The number of phosphoric ester groups is 1. The smallest absolute Gasteiger partial charge is 0.472 e. The van der Waals surface area contributed by atoms with Gasteiger partial charge >= 0.3 is 13.8 Å². The number of unbranched alkanes of at least 4 members (excludes halogenated alkanes) is 21. The lowest BCUT2D eigenvalue weighted by Gasteiger charge is -2.19. The van der Waals surface area contributed by atoms with Gasteiger partial charge in [0, 0.05) is 13.0 Å². The van der Waals surface area contributed by atoms with Gasteiger partial charge in [0.25, 0.3) is 0 Å². The monoisotopic (exact) mass is 674 g/mol. The normalized spacial score (nSPS) is 13.8. The minimum absolute atomic E-state index is 0.0650. The number of ether oxygens (including phenoxy) is 2. The van der Waals surface area contributed by atoms with E-state index in [1.807, 2.05) is 6.08 Å². The molecule has 0 aromatic carbocycles. The molecule has 272 valence electrons. The fraction of sp³-hybridized carbons (Fsp3) is 0.865. The molecule has 0 fully saturated rings. The molecule has 0 radical (unpaired) electrons. The lowest BCUT2D eigenvalue weighted by molar-refractivity contribution is -0.147. The summed E-state index contributed by atoms with van der Waals surface area (Å²) in [5.41, 5.74) is 5.34. The minimum Gasteiger partial charge on any atom is -0.492 e. The van der Waals surface area contributed by atoms with Gasteiger partial charge in [-0.05, 0) is 51.0 Å². The van der Waals surface area contributed by atoms with Crippen molar-refractivity contribution in [3.63, 3.8) is 0 Å². The molecule has 0 saturated heterocycles. The van der Waals surface area contributed by atoms with E-state index < -0.39 is 13.9 Å². The molecule has 9 heteroatoms. The number of carbonyl (C=O) groups is 1. The van der Waals surface area contributed by atoms with Crippen molar-refractivity contribution in [1.82, 2.24) is 0 Å². The summed E-state index contributed by atoms with van der Waals surface area (Å²) >= 11 is 0. The zero-order valence-electron chi connectivity index (χ0n) is 29.8. The Morgan fingerprint density at radius 3 is 1.61 bits per heavy atom. The summed E-state index contributed by atoms with van der Waals surface area (Å²) in [4.78, 5) is 22.1. The van der Waals surface area contributed by atoms with E-state index in [1.165, 1.54) is 109 Å². The number of phosphoric acid groups is 1. The zero-order chi connectivity index (χ0) is 33.8. The van der Waals surface area contributed by atoms with Crippen LogP contribution in [0.2, 0.25) is 0 Å². The molecule has 1 unspecified atom stereocenters.